The standard InChI is InChI=1S/C15H26/c1-6-9-14(15(3,4)5)13-11-8-7-10-12(13)2/h7-8,11-12,14H,6,9-10H2,1-5H3. The van der Waals surface area contributed by atoms with Gasteiger partial charge in [0.1, 0.15) is 0 Å². The highest BCUT2D eigenvalue weighted by molar-refractivity contribution is 5.24. The third-order valence-electron chi connectivity index (χ3n) is 3.51. The van der Waals surface area contributed by atoms with Crippen molar-refractivity contribution in [3.8, 4) is 0 Å². The molecule has 1 aliphatic carbocycles. The first-order chi connectivity index (χ1) is 6.96. The second-order valence-electron chi connectivity index (χ2n) is 5.94. The van der Waals surface area contributed by atoms with Crippen molar-refractivity contribution in [1.29, 1.82) is 0 Å². The summed E-state index contributed by atoms with van der Waals surface area (Å²) >= 11 is 0. The molecule has 0 aromatic rings. The molecule has 0 heteroatoms. The van der Waals surface area contributed by atoms with E-state index in [0.717, 1.165) is 11.8 Å². The number of rotatable bonds is 3. The van der Waals surface area contributed by atoms with E-state index >= 15 is 0 Å². The zero-order valence-electron chi connectivity index (χ0n) is 11.0. The molecule has 0 nitrogen and oxygen atoms in total. The Morgan fingerprint density at radius 1 is 1.40 bits per heavy atom. The van der Waals surface area contributed by atoms with E-state index in [1.165, 1.54) is 19.3 Å². The van der Waals surface area contributed by atoms with Crippen LogP contribution in [0.3, 0.4) is 0 Å². The summed E-state index contributed by atoms with van der Waals surface area (Å²) in [5, 5.41) is 0. The molecule has 0 aromatic carbocycles. The Balaban J connectivity index is 2.88. The van der Waals surface area contributed by atoms with Gasteiger partial charge in [-0.1, -0.05) is 64.8 Å². The first-order valence-corrected chi connectivity index (χ1v) is 6.33. The van der Waals surface area contributed by atoms with Crippen LogP contribution in [0.5, 0.6) is 0 Å². The lowest BCUT2D eigenvalue weighted by Crippen LogP contribution is -2.25. The molecule has 0 aliphatic heterocycles. The van der Waals surface area contributed by atoms with Gasteiger partial charge in [-0.3, -0.25) is 0 Å². The summed E-state index contributed by atoms with van der Waals surface area (Å²) in [6.07, 6.45) is 10.7. The molecule has 0 radical (unpaired) electrons. The van der Waals surface area contributed by atoms with Gasteiger partial charge >= 0.3 is 0 Å². The van der Waals surface area contributed by atoms with Crippen LogP contribution in [-0.4, -0.2) is 0 Å². The topological polar surface area (TPSA) is 0 Å². The van der Waals surface area contributed by atoms with Crippen LogP contribution >= 0.6 is 0 Å². The second-order valence-corrected chi connectivity index (χ2v) is 5.94. The molecule has 0 spiro atoms. The Hall–Kier alpha value is -0.520. The van der Waals surface area contributed by atoms with E-state index in [2.05, 4.69) is 52.8 Å². The molecular formula is C15H26. The molecule has 0 fully saturated rings. The molecule has 1 aliphatic rings. The number of hydrogen-bond donors (Lipinski definition) is 0. The van der Waals surface area contributed by atoms with Gasteiger partial charge < -0.3 is 0 Å². The van der Waals surface area contributed by atoms with Crippen molar-refractivity contribution in [2.24, 2.45) is 17.3 Å². The van der Waals surface area contributed by atoms with Crippen molar-refractivity contribution in [3.63, 3.8) is 0 Å². The average Bonchev–Trinajstić information content (AvgIpc) is 2.14. The minimum absolute atomic E-state index is 0.404. The Labute approximate surface area is 95.5 Å². The smallest absolute Gasteiger partial charge is 0.0149 e. The van der Waals surface area contributed by atoms with E-state index in [9.17, 15) is 0 Å². The van der Waals surface area contributed by atoms with Crippen molar-refractivity contribution in [2.45, 2.75) is 53.9 Å². The van der Waals surface area contributed by atoms with Gasteiger partial charge in [-0.05, 0) is 30.1 Å². The Kier molecular flexibility index (Phi) is 4.19. The Bertz CT molecular complexity index is 250. The molecule has 86 valence electrons. The first kappa shape index (κ1) is 12.5. The van der Waals surface area contributed by atoms with E-state index in [0.29, 0.717) is 5.41 Å². The van der Waals surface area contributed by atoms with Crippen LogP contribution in [0.1, 0.15) is 53.9 Å². The summed E-state index contributed by atoms with van der Waals surface area (Å²) in [4.78, 5) is 0. The predicted molar refractivity (Wildman–Crippen MR) is 68.9 cm³/mol. The molecule has 15 heavy (non-hydrogen) atoms. The van der Waals surface area contributed by atoms with Crippen molar-refractivity contribution < 1.29 is 0 Å². The lowest BCUT2D eigenvalue weighted by atomic mass is 9.69. The molecule has 1 rings (SSSR count). The van der Waals surface area contributed by atoms with Crippen molar-refractivity contribution in [3.05, 3.63) is 23.8 Å². The largest absolute Gasteiger partial charge is 0.0840 e. The average molecular weight is 206 g/mol. The van der Waals surface area contributed by atoms with E-state index in [1.807, 2.05) is 0 Å². The maximum atomic E-state index is 2.37. The summed E-state index contributed by atoms with van der Waals surface area (Å²) in [5.74, 6) is 1.49. The predicted octanol–water partition coefficient (Wildman–Crippen LogP) is 4.97. The Morgan fingerprint density at radius 2 is 2.07 bits per heavy atom. The highest BCUT2D eigenvalue weighted by Gasteiger charge is 2.29. The molecule has 0 N–H and O–H groups in total. The summed E-state index contributed by atoms with van der Waals surface area (Å²) in [6.45, 7) is 11.8. The highest BCUT2D eigenvalue weighted by atomic mass is 14.3. The van der Waals surface area contributed by atoms with E-state index < -0.39 is 0 Å². The molecule has 0 saturated heterocycles. The molecule has 0 aromatic heterocycles. The van der Waals surface area contributed by atoms with Crippen molar-refractivity contribution >= 4 is 0 Å². The molecule has 0 saturated carbocycles. The van der Waals surface area contributed by atoms with Crippen LogP contribution in [0.15, 0.2) is 23.8 Å². The number of allylic oxidation sites excluding steroid dienone is 4. The molecule has 0 bridgehead atoms. The maximum Gasteiger partial charge on any atom is -0.0149 e. The monoisotopic (exact) mass is 206 g/mol. The van der Waals surface area contributed by atoms with E-state index in [1.54, 1.807) is 5.57 Å². The summed E-state index contributed by atoms with van der Waals surface area (Å²) in [5.41, 5.74) is 2.08. The number of hydrogen-bond acceptors (Lipinski definition) is 0. The quantitative estimate of drug-likeness (QED) is 0.611. The third kappa shape index (κ3) is 3.22. The summed E-state index contributed by atoms with van der Waals surface area (Å²) in [6, 6.07) is 0. The van der Waals surface area contributed by atoms with E-state index in [-0.39, 0.29) is 0 Å². The van der Waals surface area contributed by atoms with Crippen LogP contribution in [0, 0.1) is 17.3 Å². The van der Waals surface area contributed by atoms with Crippen LogP contribution in [-0.2, 0) is 0 Å². The zero-order chi connectivity index (χ0) is 11.5. The van der Waals surface area contributed by atoms with Gasteiger partial charge in [-0.25, -0.2) is 0 Å². The fraction of sp³-hybridized carbons (Fsp3) is 0.733. The molecular weight excluding hydrogens is 180 g/mol. The second kappa shape index (κ2) is 5.01. The zero-order valence-corrected chi connectivity index (χ0v) is 11.0. The molecule has 0 heterocycles. The molecule has 2 unspecified atom stereocenters. The van der Waals surface area contributed by atoms with Crippen LogP contribution < -0.4 is 0 Å². The van der Waals surface area contributed by atoms with Gasteiger partial charge in [-0.15, -0.1) is 0 Å². The van der Waals surface area contributed by atoms with Gasteiger partial charge in [0.25, 0.3) is 0 Å². The van der Waals surface area contributed by atoms with Gasteiger partial charge in [0.2, 0.25) is 0 Å². The Morgan fingerprint density at radius 3 is 2.53 bits per heavy atom. The van der Waals surface area contributed by atoms with Crippen molar-refractivity contribution in [2.75, 3.05) is 0 Å². The van der Waals surface area contributed by atoms with E-state index in [4.69, 9.17) is 0 Å². The SMILES string of the molecule is CCCC(C1=CC=CCC1C)C(C)(C)C. The van der Waals surface area contributed by atoms with Gasteiger partial charge in [0, 0.05) is 0 Å². The van der Waals surface area contributed by atoms with Crippen LogP contribution in [0.25, 0.3) is 0 Å². The molecule has 0 amide bonds. The minimum Gasteiger partial charge on any atom is -0.0840 e. The minimum atomic E-state index is 0.404. The highest BCUT2D eigenvalue weighted by Crippen LogP contribution is 2.40. The summed E-state index contributed by atoms with van der Waals surface area (Å²) < 4.78 is 0. The van der Waals surface area contributed by atoms with Crippen LogP contribution in [0.4, 0.5) is 0 Å². The maximum absolute atomic E-state index is 2.37. The fourth-order valence-electron chi connectivity index (χ4n) is 2.61. The van der Waals surface area contributed by atoms with Crippen LogP contribution in [0.2, 0.25) is 0 Å². The normalized spacial score (nSPS) is 23.8. The van der Waals surface area contributed by atoms with Gasteiger partial charge in [0.15, 0.2) is 0 Å². The lowest BCUT2D eigenvalue weighted by molar-refractivity contribution is 0.246. The van der Waals surface area contributed by atoms with Gasteiger partial charge in [-0.2, -0.15) is 0 Å². The molecule has 2 atom stereocenters. The van der Waals surface area contributed by atoms with Crippen molar-refractivity contribution in [1.82, 2.24) is 0 Å². The summed E-state index contributed by atoms with van der Waals surface area (Å²) in [7, 11) is 0. The lowest BCUT2D eigenvalue weighted by Gasteiger charge is -2.36. The third-order valence-corrected chi connectivity index (χ3v) is 3.51. The first-order valence-electron chi connectivity index (χ1n) is 6.33. The fourth-order valence-corrected chi connectivity index (χ4v) is 2.61. The van der Waals surface area contributed by atoms with Gasteiger partial charge in [0.05, 0.1) is 0 Å².